The highest BCUT2D eigenvalue weighted by atomic mass is 16.4. The average Bonchev–Trinajstić information content (AvgIpc) is 2.75. The van der Waals surface area contributed by atoms with Crippen molar-refractivity contribution in [2.75, 3.05) is 0 Å². The van der Waals surface area contributed by atoms with Crippen molar-refractivity contribution in [2.24, 2.45) is 0 Å². The summed E-state index contributed by atoms with van der Waals surface area (Å²) >= 11 is 0. The van der Waals surface area contributed by atoms with Gasteiger partial charge in [0.25, 0.3) is 5.89 Å². The maximum Gasteiger partial charge on any atom is 0.260 e. The van der Waals surface area contributed by atoms with E-state index in [1.807, 2.05) is 0 Å². The second kappa shape index (κ2) is 2.65. The van der Waals surface area contributed by atoms with E-state index in [1.165, 1.54) is 12.5 Å². The number of rotatable bonds is 2. The zero-order chi connectivity index (χ0) is 8.39. The molecule has 2 heterocycles. The number of nitrogens with zero attached hydrogens (tertiary/aromatic N) is 1. The van der Waals surface area contributed by atoms with Gasteiger partial charge in [-0.2, -0.15) is 0 Å². The molecule has 0 radical (unpaired) electrons. The molecule has 0 spiro atoms. The van der Waals surface area contributed by atoms with E-state index in [-0.39, 0.29) is 5.89 Å². The van der Waals surface area contributed by atoms with Gasteiger partial charge in [0.2, 0.25) is 6.29 Å². The van der Waals surface area contributed by atoms with Crippen LogP contribution in [0.3, 0.4) is 0 Å². The molecule has 0 unspecified atom stereocenters. The van der Waals surface area contributed by atoms with Crippen molar-refractivity contribution in [1.29, 1.82) is 0 Å². The summed E-state index contributed by atoms with van der Waals surface area (Å²) in [6, 6.07) is 3.47. The van der Waals surface area contributed by atoms with Gasteiger partial charge in [0.05, 0.1) is 12.5 Å². The summed E-state index contributed by atoms with van der Waals surface area (Å²) in [6.07, 6.45) is 3.52. The summed E-state index contributed by atoms with van der Waals surface area (Å²) < 4.78 is 10.0. The Labute approximate surface area is 67.8 Å². The molecule has 0 aliphatic carbocycles. The van der Waals surface area contributed by atoms with Gasteiger partial charge in [0.15, 0.2) is 11.5 Å². The van der Waals surface area contributed by atoms with Crippen molar-refractivity contribution >= 4 is 6.29 Å². The molecule has 4 nitrogen and oxygen atoms in total. The summed E-state index contributed by atoms with van der Waals surface area (Å²) in [7, 11) is 0. The summed E-state index contributed by atoms with van der Waals surface area (Å²) in [6.45, 7) is 0. The number of furan rings is 1. The standard InChI is InChI=1S/C8H5NO3/c10-5-8-9-4-7(12-8)6-2-1-3-11-6/h1-5H. The third-order valence-electron chi connectivity index (χ3n) is 1.39. The molecule has 0 bridgehead atoms. The van der Waals surface area contributed by atoms with Crippen LogP contribution in [-0.2, 0) is 0 Å². The maximum atomic E-state index is 10.2. The molecule has 0 aliphatic rings. The molecule has 0 aliphatic heterocycles. The van der Waals surface area contributed by atoms with Crippen LogP contribution in [-0.4, -0.2) is 11.3 Å². The Balaban J connectivity index is 2.41. The minimum Gasteiger partial charge on any atom is -0.461 e. The molecule has 0 saturated heterocycles. The van der Waals surface area contributed by atoms with Crippen molar-refractivity contribution < 1.29 is 13.6 Å². The Morgan fingerprint density at radius 2 is 2.33 bits per heavy atom. The SMILES string of the molecule is O=Cc1ncc(-c2ccco2)o1. The van der Waals surface area contributed by atoms with Gasteiger partial charge >= 0.3 is 0 Å². The highest BCUT2D eigenvalue weighted by Gasteiger charge is 2.06. The number of hydrogen-bond acceptors (Lipinski definition) is 4. The Morgan fingerprint density at radius 3 is 2.92 bits per heavy atom. The molecule has 0 aromatic carbocycles. The third kappa shape index (κ3) is 1.03. The Morgan fingerprint density at radius 1 is 1.42 bits per heavy atom. The number of hydrogen-bond donors (Lipinski definition) is 0. The normalized spacial score (nSPS) is 10.0. The molecule has 60 valence electrons. The molecule has 2 rings (SSSR count). The van der Waals surface area contributed by atoms with E-state index in [2.05, 4.69) is 4.98 Å². The van der Waals surface area contributed by atoms with E-state index in [4.69, 9.17) is 8.83 Å². The molecule has 4 heteroatoms. The fraction of sp³-hybridized carbons (Fsp3) is 0. The van der Waals surface area contributed by atoms with Crippen LogP contribution in [0.2, 0.25) is 0 Å². The average molecular weight is 163 g/mol. The van der Waals surface area contributed by atoms with Crippen LogP contribution in [0.25, 0.3) is 11.5 Å². The van der Waals surface area contributed by atoms with Crippen LogP contribution in [0.4, 0.5) is 0 Å². The number of oxazole rings is 1. The van der Waals surface area contributed by atoms with Gasteiger partial charge in [-0.3, -0.25) is 4.79 Å². The first kappa shape index (κ1) is 6.84. The van der Waals surface area contributed by atoms with Crippen molar-refractivity contribution in [3.8, 4) is 11.5 Å². The topological polar surface area (TPSA) is 56.2 Å². The molecular formula is C8H5NO3. The Hall–Kier alpha value is -1.84. The molecule has 2 aromatic heterocycles. The van der Waals surface area contributed by atoms with Crippen molar-refractivity contribution in [3.63, 3.8) is 0 Å². The van der Waals surface area contributed by atoms with E-state index in [0.29, 0.717) is 17.8 Å². The van der Waals surface area contributed by atoms with Crippen LogP contribution >= 0.6 is 0 Å². The Kier molecular flexibility index (Phi) is 1.51. The molecule has 2 aromatic rings. The molecule has 0 N–H and O–H groups in total. The lowest BCUT2D eigenvalue weighted by Gasteiger charge is -1.84. The minimum atomic E-state index is 0.0569. The highest BCUT2D eigenvalue weighted by molar-refractivity contribution is 5.68. The summed E-state index contributed by atoms with van der Waals surface area (Å²) in [4.78, 5) is 13.9. The van der Waals surface area contributed by atoms with E-state index in [1.54, 1.807) is 12.1 Å². The van der Waals surface area contributed by atoms with Gasteiger partial charge in [-0.1, -0.05) is 0 Å². The Bertz CT molecular complexity index is 375. The lowest BCUT2D eigenvalue weighted by molar-refractivity contribution is 0.109. The fourth-order valence-corrected chi connectivity index (χ4v) is 0.875. The van der Waals surface area contributed by atoms with Crippen molar-refractivity contribution in [3.05, 3.63) is 30.5 Å². The monoisotopic (exact) mass is 163 g/mol. The number of carbonyl (C=O) groups excluding carboxylic acids is 1. The minimum absolute atomic E-state index is 0.0569. The van der Waals surface area contributed by atoms with Crippen LogP contribution in [0.5, 0.6) is 0 Å². The lowest BCUT2D eigenvalue weighted by Crippen LogP contribution is -1.72. The molecule has 0 atom stereocenters. The number of carbonyl (C=O) groups is 1. The first-order valence-corrected chi connectivity index (χ1v) is 3.35. The second-order valence-corrected chi connectivity index (χ2v) is 2.16. The smallest absolute Gasteiger partial charge is 0.260 e. The zero-order valence-electron chi connectivity index (χ0n) is 6.06. The second-order valence-electron chi connectivity index (χ2n) is 2.16. The molecular weight excluding hydrogens is 158 g/mol. The first-order chi connectivity index (χ1) is 5.90. The van der Waals surface area contributed by atoms with Crippen molar-refractivity contribution in [1.82, 2.24) is 4.98 Å². The lowest BCUT2D eigenvalue weighted by atomic mass is 10.4. The predicted molar refractivity (Wildman–Crippen MR) is 39.6 cm³/mol. The summed E-state index contributed by atoms with van der Waals surface area (Å²) in [5.74, 6) is 1.08. The molecule has 0 fully saturated rings. The van der Waals surface area contributed by atoms with Gasteiger partial charge < -0.3 is 8.83 Å². The maximum absolute atomic E-state index is 10.2. The summed E-state index contributed by atoms with van der Waals surface area (Å²) in [5, 5.41) is 0. The predicted octanol–water partition coefficient (Wildman–Crippen LogP) is 1.75. The van der Waals surface area contributed by atoms with E-state index in [0.717, 1.165) is 0 Å². The number of aldehydes is 1. The fourth-order valence-electron chi connectivity index (χ4n) is 0.875. The molecule has 0 saturated carbocycles. The van der Waals surface area contributed by atoms with Gasteiger partial charge in [0, 0.05) is 0 Å². The largest absolute Gasteiger partial charge is 0.461 e. The van der Waals surface area contributed by atoms with Crippen LogP contribution in [0.15, 0.2) is 33.4 Å². The number of aromatic nitrogens is 1. The van der Waals surface area contributed by atoms with E-state index < -0.39 is 0 Å². The zero-order valence-corrected chi connectivity index (χ0v) is 6.06. The first-order valence-electron chi connectivity index (χ1n) is 3.35. The van der Waals surface area contributed by atoms with E-state index in [9.17, 15) is 4.79 Å². The third-order valence-corrected chi connectivity index (χ3v) is 1.39. The quantitative estimate of drug-likeness (QED) is 0.633. The van der Waals surface area contributed by atoms with E-state index >= 15 is 0 Å². The van der Waals surface area contributed by atoms with Gasteiger partial charge in [-0.05, 0) is 12.1 Å². The highest BCUT2D eigenvalue weighted by Crippen LogP contribution is 2.19. The van der Waals surface area contributed by atoms with Crippen molar-refractivity contribution in [2.45, 2.75) is 0 Å². The molecule has 0 amide bonds. The van der Waals surface area contributed by atoms with Crippen LogP contribution < -0.4 is 0 Å². The molecule has 12 heavy (non-hydrogen) atoms. The van der Waals surface area contributed by atoms with Crippen LogP contribution in [0, 0.1) is 0 Å². The summed E-state index contributed by atoms with van der Waals surface area (Å²) in [5.41, 5.74) is 0. The van der Waals surface area contributed by atoms with Gasteiger partial charge in [0.1, 0.15) is 0 Å². The van der Waals surface area contributed by atoms with Gasteiger partial charge in [-0.15, -0.1) is 0 Å². The van der Waals surface area contributed by atoms with Crippen LogP contribution in [0.1, 0.15) is 10.7 Å². The van der Waals surface area contributed by atoms with Gasteiger partial charge in [-0.25, -0.2) is 4.98 Å².